The molecule has 138 valence electrons. The molecule has 2 heterocycles. The average molecular weight is 394 g/mol. The Morgan fingerprint density at radius 2 is 0.969 bits per heavy atom. The van der Waals surface area contributed by atoms with E-state index < -0.39 is 0 Å². The second-order valence-electron chi connectivity index (χ2n) is 7.97. The Kier molecular flexibility index (Phi) is 4.23. The quantitative estimate of drug-likeness (QED) is 0.170. The van der Waals surface area contributed by atoms with Gasteiger partial charge in [0.1, 0.15) is 11.2 Å². The molecule has 0 saturated heterocycles. The van der Waals surface area contributed by atoms with Crippen LogP contribution in [0.5, 0.6) is 0 Å². The Morgan fingerprint density at radius 3 is 1.44 bits per heavy atom. The first kappa shape index (κ1) is 19.8. The van der Waals surface area contributed by atoms with E-state index in [1.807, 2.05) is 12.1 Å². The summed E-state index contributed by atoms with van der Waals surface area (Å²) in [6.07, 6.45) is 0. The third-order valence-corrected chi connectivity index (χ3v) is 6.39. The molecule has 0 atom stereocenters. The summed E-state index contributed by atoms with van der Waals surface area (Å²) in [5, 5.41) is 8.91. The number of benzene rings is 6. The van der Waals surface area contributed by atoms with Crippen LogP contribution < -0.4 is 37.7 Å². The van der Waals surface area contributed by atoms with Crippen molar-refractivity contribution in [1.82, 2.24) is 0 Å². The van der Waals surface area contributed by atoms with E-state index in [1.165, 1.54) is 0 Å². The van der Waals surface area contributed by atoms with Gasteiger partial charge in [0.15, 0.2) is 0 Å². The van der Waals surface area contributed by atoms with Gasteiger partial charge in [0, 0.05) is 21.9 Å². The maximum absolute atomic E-state index is 6.54. The maximum atomic E-state index is 6.54. The van der Waals surface area contributed by atoms with Crippen LogP contribution in [0.25, 0.3) is 76.5 Å². The molecule has 2 nitrogen and oxygen atoms in total. The van der Waals surface area contributed by atoms with Crippen molar-refractivity contribution in [3.8, 4) is 11.1 Å². The van der Waals surface area contributed by atoms with Gasteiger partial charge in [0.25, 0.3) is 0 Å². The Balaban J connectivity index is 0.000000978. The molecule has 6 aromatic carbocycles. The van der Waals surface area contributed by atoms with Crippen LogP contribution in [0, 0.1) is 12.1 Å². The molecule has 0 unspecified atom stereocenters. The van der Waals surface area contributed by atoms with Crippen molar-refractivity contribution in [2.45, 2.75) is 0 Å². The molecule has 0 bridgehead atoms. The summed E-state index contributed by atoms with van der Waals surface area (Å²) in [7, 11) is 0. The van der Waals surface area contributed by atoms with Crippen LogP contribution in [0.3, 0.4) is 0 Å². The zero-order chi connectivity index (χ0) is 19.4. The van der Waals surface area contributed by atoms with Gasteiger partial charge in [0.05, 0.1) is 0 Å². The molecule has 2 aliphatic heterocycles. The summed E-state index contributed by atoms with van der Waals surface area (Å²) in [4.78, 5) is 0. The first-order valence-corrected chi connectivity index (χ1v) is 10.0. The molecule has 0 N–H and O–H groups in total. The molecule has 0 radical (unpaired) electrons. The van der Waals surface area contributed by atoms with E-state index in [9.17, 15) is 0 Å². The van der Waals surface area contributed by atoms with E-state index in [0.29, 0.717) is 0 Å². The molecule has 4 heteroatoms. The van der Waals surface area contributed by atoms with Crippen molar-refractivity contribution >= 4 is 65.4 Å². The Bertz CT molecular complexity index is 1770. The minimum atomic E-state index is 0. The molecule has 32 heavy (non-hydrogen) atoms. The Labute approximate surface area is 207 Å². The van der Waals surface area contributed by atoms with Crippen molar-refractivity contribution in [3.63, 3.8) is 0 Å². The van der Waals surface area contributed by atoms with E-state index in [0.717, 1.165) is 76.5 Å². The van der Waals surface area contributed by atoms with Gasteiger partial charge in [-0.1, -0.05) is 59.3 Å². The van der Waals surface area contributed by atoms with E-state index in [1.54, 1.807) is 0 Å². The third-order valence-electron chi connectivity index (χ3n) is 6.39. The predicted molar refractivity (Wildman–Crippen MR) is 121 cm³/mol. The molecule has 0 amide bonds. The van der Waals surface area contributed by atoms with Crippen molar-refractivity contribution in [2.24, 2.45) is 0 Å². The van der Waals surface area contributed by atoms with Crippen LogP contribution in [0.15, 0.2) is 81.6 Å². The molecule has 8 rings (SSSR count). The summed E-state index contributed by atoms with van der Waals surface area (Å²) >= 11 is 0. The smallest absolute Gasteiger partial charge is 0.485 e. The minimum absolute atomic E-state index is 0. The van der Waals surface area contributed by atoms with Crippen molar-refractivity contribution < 1.29 is 46.6 Å². The molecule has 0 fully saturated rings. The van der Waals surface area contributed by atoms with Gasteiger partial charge < -0.3 is 8.83 Å². The number of hydrogen-bond donors (Lipinski definition) is 0. The fraction of sp³-hybridized carbons (Fsp3) is 0. The van der Waals surface area contributed by atoms with Gasteiger partial charge in [-0.25, -0.2) is 0 Å². The van der Waals surface area contributed by atoms with Gasteiger partial charge in [-0.3, -0.25) is 0 Å². The van der Waals surface area contributed by atoms with Crippen molar-refractivity contribution in [2.75, 3.05) is 0 Å². The largest absolute Gasteiger partial charge is 1.00 e. The van der Waals surface area contributed by atoms with Crippen LogP contribution >= 0.6 is 0 Å². The standard InChI is InChI=1S/C28H12O2.2Li/c1-3-7-19-15(5-1)13-17-9-11-22-25-23(17)27(19)29-21-12-10-18-14-16-6-2-4-8-20(16)28(30-22)24(18)26(21)25;;/h1-10,13-14H;;/q-2;2*+1. The summed E-state index contributed by atoms with van der Waals surface area (Å²) in [6, 6.07) is 31.9. The minimum Gasteiger partial charge on any atom is -0.485 e. The first-order valence-electron chi connectivity index (χ1n) is 10.0. The second kappa shape index (κ2) is 6.82. The molecular formula is C28H12Li2O2. The summed E-state index contributed by atoms with van der Waals surface area (Å²) in [5.41, 5.74) is 5.41. The summed E-state index contributed by atoms with van der Waals surface area (Å²) < 4.78 is 13.1. The van der Waals surface area contributed by atoms with Gasteiger partial charge in [-0.2, -0.15) is 12.1 Å². The fourth-order valence-electron chi connectivity index (χ4n) is 5.13. The molecule has 0 saturated carbocycles. The monoisotopic (exact) mass is 394 g/mol. The SMILES string of the molecule is [Li+].[Li+].[c-]1cc2cc3ccccc3c3oc4[c-]cc5cc6ccccc6c6oc1c(c23)-c4c56. The topological polar surface area (TPSA) is 26.3 Å². The zero-order valence-electron chi connectivity index (χ0n) is 17.7. The van der Waals surface area contributed by atoms with Gasteiger partial charge in [0.2, 0.25) is 0 Å². The number of rotatable bonds is 0. The molecular weight excluding hydrogens is 382 g/mol. The molecule has 2 aliphatic rings. The average Bonchev–Trinajstić information content (AvgIpc) is 2.80. The Hall–Kier alpha value is -2.85. The van der Waals surface area contributed by atoms with Crippen molar-refractivity contribution in [1.29, 1.82) is 0 Å². The van der Waals surface area contributed by atoms with E-state index in [4.69, 9.17) is 8.83 Å². The second-order valence-corrected chi connectivity index (χ2v) is 7.97. The van der Waals surface area contributed by atoms with E-state index in [2.05, 4.69) is 72.8 Å². The molecule has 6 aromatic rings. The normalized spacial score (nSPS) is 11.9. The van der Waals surface area contributed by atoms with Crippen LogP contribution in [0.1, 0.15) is 0 Å². The molecule has 0 spiro atoms. The molecule has 0 aliphatic carbocycles. The van der Waals surface area contributed by atoms with Crippen LogP contribution in [0.2, 0.25) is 0 Å². The van der Waals surface area contributed by atoms with Crippen LogP contribution in [-0.2, 0) is 0 Å². The fourth-order valence-corrected chi connectivity index (χ4v) is 5.13. The summed E-state index contributed by atoms with van der Waals surface area (Å²) in [5.74, 6) is 0. The summed E-state index contributed by atoms with van der Waals surface area (Å²) in [6.45, 7) is 0. The van der Waals surface area contributed by atoms with E-state index in [-0.39, 0.29) is 37.7 Å². The first-order chi connectivity index (χ1) is 14.9. The molecule has 0 aromatic heterocycles. The predicted octanol–water partition coefficient (Wildman–Crippen LogP) is 1.94. The van der Waals surface area contributed by atoms with Gasteiger partial charge in [-0.15, -0.1) is 46.2 Å². The van der Waals surface area contributed by atoms with Crippen molar-refractivity contribution in [3.05, 3.63) is 84.9 Å². The van der Waals surface area contributed by atoms with Gasteiger partial charge >= 0.3 is 37.7 Å². The third kappa shape index (κ3) is 2.34. The zero-order valence-corrected chi connectivity index (χ0v) is 17.7. The van der Waals surface area contributed by atoms with E-state index >= 15 is 0 Å². The maximum Gasteiger partial charge on any atom is 1.00 e. The Morgan fingerprint density at radius 1 is 0.531 bits per heavy atom. The number of fused-ring (bicyclic) bond motifs is 4. The van der Waals surface area contributed by atoms with Crippen LogP contribution in [-0.4, -0.2) is 0 Å². The van der Waals surface area contributed by atoms with Gasteiger partial charge in [-0.05, 0) is 10.8 Å². The number of hydrogen-bond acceptors (Lipinski definition) is 2. The van der Waals surface area contributed by atoms with Crippen LogP contribution in [0.4, 0.5) is 0 Å².